The summed E-state index contributed by atoms with van der Waals surface area (Å²) in [4.78, 5) is 13.1. The molecule has 4 rings (SSSR count). The summed E-state index contributed by atoms with van der Waals surface area (Å²) in [5.74, 6) is -0.582. The van der Waals surface area contributed by atoms with Gasteiger partial charge in [0.05, 0.1) is 11.2 Å². The molecule has 4 aromatic rings. The van der Waals surface area contributed by atoms with Crippen molar-refractivity contribution in [3.8, 4) is 11.4 Å². The lowest BCUT2D eigenvalue weighted by molar-refractivity contribution is 0.586. The van der Waals surface area contributed by atoms with Gasteiger partial charge in [0, 0.05) is 34.4 Å². The molecule has 0 saturated carbocycles. The summed E-state index contributed by atoms with van der Waals surface area (Å²) in [6.07, 6.45) is 3.29. The van der Waals surface area contributed by atoms with E-state index in [-0.39, 0.29) is 5.69 Å². The average Bonchev–Trinajstić information content (AvgIpc) is 2.65. The van der Waals surface area contributed by atoms with Crippen molar-refractivity contribution >= 4 is 34.0 Å². The molecule has 0 radical (unpaired) electrons. The third-order valence-electron chi connectivity index (χ3n) is 3.76. The van der Waals surface area contributed by atoms with Gasteiger partial charge in [0.15, 0.2) is 5.82 Å². The molecule has 0 fully saturated rings. The Hall–Kier alpha value is -3.12. The molecular weight excluding hydrogens is 358 g/mol. The van der Waals surface area contributed by atoms with E-state index >= 15 is 0 Å². The fourth-order valence-corrected chi connectivity index (χ4v) is 2.71. The Bertz CT molecular complexity index is 1100. The SMILES string of the molecule is Fc1ccc(Nc2nc(-c3cccnc3)nc3ccc(Cl)cc23)c(F)c1. The molecule has 0 amide bonds. The van der Waals surface area contributed by atoms with Crippen LogP contribution < -0.4 is 5.32 Å². The number of nitrogens with one attached hydrogen (secondary N) is 1. The minimum absolute atomic E-state index is 0.100. The van der Waals surface area contributed by atoms with Crippen LogP contribution in [0.3, 0.4) is 0 Å². The van der Waals surface area contributed by atoms with Gasteiger partial charge in [-0.2, -0.15) is 0 Å². The Balaban J connectivity index is 1.89. The second kappa shape index (κ2) is 6.65. The van der Waals surface area contributed by atoms with E-state index in [9.17, 15) is 8.78 Å². The van der Waals surface area contributed by atoms with E-state index < -0.39 is 11.6 Å². The molecule has 26 heavy (non-hydrogen) atoms. The first-order chi connectivity index (χ1) is 12.6. The monoisotopic (exact) mass is 368 g/mol. The molecule has 7 heteroatoms. The number of rotatable bonds is 3. The van der Waals surface area contributed by atoms with E-state index in [2.05, 4.69) is 20.3 Å². The van der Waals surface area contributed by atoms with Crippen LogP contribution in [-0.2, 0) is 0 Å². The van der Waals surface area contributed by atoms with Crippen molar-refractivity contribution in [2.45, 2.75) is 0 Å². The van der Waals surface area contributed by atoms with Crippen molar-refractivity contribution in [2.24, 2.45) is 0 Å². The summed E-state index contributed by atoms with van der Waals surface area (Å²) in [6.45, 7) is 0. The highest BCUT2D eigenvalue weighted by Gasteiger charge is 2.12. The smallest absolute Gasteiger partial charge is 0.163 e. The van der Waals surface area contributed by atoms with Crippen LogP contribution in [0.5, 0.6) is 0 Å². The minimum Gasteiger partial charge on any atom is -0.337 e. The maximum atomic E-state index is 14.1. The van der Waals surface area contributed by atoms with Gasteiger partial charge in [-0.3, -0.25) is 4.98 Å². The summed E-state index contributed by atoms with van der Waals surface area (Å²) in [7, 11) is 0. The fraction of sp³-hybridized carbons (Fsp3) is 0. The number of fused-ring (bicyclic) bond motifs is 1. The highest BCUT2D eigenvalue weighted by Crippen LogP contribution is 2.30. The third kappa shape index (κ3) is 3.19. The van der Waals surface area contributed by atoms with Crippen molar-refractivity contribution in [1.29, 1.82) is 0 Å². The zero-order valence-electron chi connectivity index (χ0n) is 13.2. The number of pyridine rings is 1. The Morgan fingerprint density at radius 3 is 2.62 bits per heavy atom. The quantitative estimate of drug-likeness (QED) is 0.528. The minimum atomic E-state index is -0.721. The lowest BCUT2D eigenvalue weighted by atomic mass is 10.2. The first kappa shape index (κ1) is 16.4. The molecule has 0 aliphatic rings. The number of aromatic nitrogens is 3. The van der Waals surface area contributed by atoms with E-state index in [0.29, 0.717) is 33.1 Å². The molecule has 2 aromatic carbocycles. The maximum Gasteiger partial charge on any atom is 0.163 e. The summed E-state index contributed by atoms with van der Waals surface area (Å²) >= 11 is 6.09. The van der Waals surface area contributed by atoms with Crippen LogP contribution in [0, 0.1) is 11.6 Å². The Labute approximate surface area is 152 Å². The highest BCUT2D eigenvalue weighted by atomic mass is 35.5. The number of anilines is 2. The summed E-state index contributed by atoms with van der Waals surface area (Å²) < 4.78 is 27.2. The van der Waals surface area contributed by atoms with Crippen LogP contribution in [0.2, 0.25) is 5.02 Å². The molecule has 128 valence electrons. The molecule has 0 unspecified atom stereocenters. The van der Waals surface area contributed by atoms with Gasteiger partial charge in [0.1, 0.15) is 17.5 Å². The molecule has 0 aliphatic heterocycles. The zero-order chi connectivity index (χ0) is 18.1. The zero-order valence-corrected chi connectivity index (χ0v) is 14.0. The Morgan fingerprint density at radius 1 is 0.962 bits per heavy atom. The highest BCUT2D eigenvalue weighted by molar-refractivity contribution is 6.31. The van der Waals surface area contributed by atoms with E-state index in [1.807, 2.05) is 6.07 Å². The van der Waals surface area contributed by atoms with Gasteiger partial charge in [0.2, 0.25) is 0 Å². The van der Waals surface area contributed by atoms with E-state index in [0.717, 1.165) is 6.07 Å². The lowest BCUT2D eigenvalue weighted by Gasteiger charge is -2.12. The molecule has 2 aromatic heterocycles. The summed E-state index contributed by atoms with van der Waals surface area (Å²) in [6, 6.07) is 12.0. The summed E-state index contributed by atoms with van der Waals surface area (Å²) in [5, 5.41) is 4.03. The van der Waals surface area contributed by atoms with Gasteiger partial charge in [-0.05, 0) is 42.5 Å². The maximum absolute atomic E-state index is 14.1. The van der Waals surface area contributed by atoms with Gasteiger partial charge in [-0.25, -0.2) is 18.7 Å². The topological polar surface area (TPSA) is 50.7 Å². The molecule has 0 saturated heterocycles. The molecule has 0 bridgehead atoms. The Kier molecular flexibility index (Phi) is 4.18. The fourth-order valence-electron chi connectivity index (χ4n) is 2.54. The normalized spacial score (nSPS) is 10.9. The van der Waals surface area contributed by atoms with Gasteiger partial charge < -0.3 is 5.32 Å². The van der Waals surface area contributed by atoms with Crippen LogP contribution in [-0.4, -0.2) is 15.0 Å². The molecule has 0 aliphatic carbocycles. The standard InChI is InChI=1S/C19H11ClF2N4/c20-12-3-5-16-14(8-12)19(25-17-6-4-13(21)9-15(17)22)26-18(24-16)11-2-1-7-23-10-11/h1-10H,(H,24,25,26). The van der Waals surface area contributed by atoms with Gasteiger partial charge >= 0.3 is 0 Å². The third-order valence-corrected chi connectivity index (χ3v) is 4.00. The van der Waals surface area contributed by atoms with Crippen molar-refractivity contribution in [3.05, 3.63) is 77.6 Å². The van der Waals surface area contributed by atoms with Crippen molar-refractivity contribution in [3.63, 3.8) is 0 Å². The first-order valence-electron chi connectivity index (χ1n) is 7.70. The second-order valence-corrected chi connectivity index (χ2v) is 5.98. The van der Waals surface area contributed by atoms with E-state index in [1.165, 1.54) is 12.1 Å². The lowest BCUT2D eigenvalue weighted by Crippen LogP contribution is -2.01. The van der Waals surface area contributed by atoms with Gasteiger partial charge in [-0.15, -0.1) is 0 Å². The molecule has 0 atom stereocenters. The second-order valence-electron chi connectivity index (χ2n) is 5.55. The predicted molar refractivity (Wildman–Crippen MR) is 97.4 cm³/mol. The molecule has 4 nitrogen and oxygen atoms in total. The van der Waals surface area contributed by atoms with Crippen molar-refractivity contribution < 1.29 is 8.78 Å². The number of benzene rings is 2. The number of hydrogen-bond donors (Lipinski definition) is 1. The van der Waals surface area contributed by atoms with E-state index in [1.54, 1.807) is 36.7 Å². The van der Waals surface area contributed by atoms with Crippen LogP contribution in [0.4, 0.5) is 20.3 Å². The Morgan fingerprint density at radius 2 is 1.85 bits per heavy atom. The van der Waals surface area contributed by atoms with Gasteiger partial charge in [-0.1, -0.05) is 11.6 Å². The first-order valence-corrected chi connectivity index (χ1v) is 8.08. The largest absolute Gasteiger partial charge is 0.337 e. The van der Waals surface area contributed by atoms with E-state index in [4.69, 9.17) is 11.6 Å². The number of halogens is 3. The predicted octanol–water partition coefficient (Wildman–Crippen LogP) is 5.37. The average molecular weight is 369 g/mol. The van der Waals surface area contributed by atoms with Crippen LogP contribution in [0.15, 0.2) is 60.9 Å². The molecular formula is C19H11ClF2N4. The van der Waals surface area contributed by atoms with Crippen LogP contribution >= 0.6 is 11.6 Å². The molecule has 0 spiro atoms. The van der Waals surface area contributed by atoms with Crippen molar-refractivity contribution in [2.75, 3.05) is 5.32 Å². The number of nitrogens with zero attached hydrogens (tertiary/aromatic N) is 3. The van der Waals surface area contributed by atoms with Crippen molar-refractivity contribution in [1.82, 2.24) is 15.0 Å². The summed E-state index contributed by atoms with van der Waals surface area (Å²) in [5.41, 5.74) is 1.45. The number of hydrogen-bond acceptors (Lipinski definition) is 4. The van der Waals surface area contributed by atoms with Crippen LogP contribution in [0.1, 0.15) is 0 Å². The van der Waals surface area contributed by atoms with Gasteiger partial charge in [0.25, 0.3) is 0 Å². The van der Waals surface area contributed by atoms with Crippen LogP contribution in [0.25, 0.3) is 22.3 Å². The molecule has 1 N–H and O–H groups in total. The molecule has 2 heterocycles.